The number of methoxy groups -OCH3 is 1. The van der Waals surface area contributed by atoms with Gasteiger partial charge in [-0.3, -0.25) is 28.9 Å². The molecular weight excluding hydrogens is 370 g/mol. The van der Waals surface area contributed by atoms with E-state index in [4.69, 9.17) is 0 Å². The Morgan fingerprint density at radius 2 is 1.79 bits per heavy atom. The Kier molecular flexibility index (Phi) is 6.76. The maximum Gasteiger partial charge on any atom is 0.325 e. The molecule has 1 N–H and O–H groups in total. The van der Waals surface area contributed by atoms with Crippen LogP contribution in [0.25, 0.3) is 0 Å². The van der Waals surface area contributed by atoms with E-state index in [1.165, 1.54) is 24.0 Å². The van der Waals surface area contributed by atoms with E-state index in [1.54, 1.807) is 0 Å². The van der Waals surface area contributed by atoms with E-state index in [0.717, 1.165) is 4.90 Å². The van der Waals surface area contributed by atoms with Crippen LogP contribution in [-0.4, -0.2) is 95.3 Å². The lowest BCUT2D eigenvalue weighted by Crippen LogP contribution is -2.64. The summed E-state index contributed by atoms with van der Waals surface area (Å²) in [5, 5.41) is 10.3. The van der Waals surface area contributed by atoms with Crippen molar-refractivity contribution in [2.24, 2.45) is 11.8 Å². The molecule has 10 nitrogen and oxygen atoms in total. The van der Waals surface area contributed by atoms with Gasteiger partial charge in [0.05, 0.1) is 7.11 Å². The van der Waals surface area contributed by atoms with Crippen LogP contribution in [0.3, 0.4) is 0 Å². The van der Waals surface area contributed by atoms with E-state index >= 15 is 0 Å². The largest absolute Gasteiger partial charge is 0.468 e. The molecule has 2 saturated heterocycles. The van der Waals surface area contributed by atoms with Gasteiger partial charge >= 0.3 is 5.97 Å². The lowest BCUT2D eigenvalue weighted by atomic mass is 9.90. The fraction of sp³-hybridized carbons (Fsp3) is 0.722. The molecule has 0 spiro atoms. The van der Waals surface area contributed by atoms with E-state index < -0.39 is 41.8 Å². The van der Waals surface area contributed by atoms with Crippen LogP contribution in [0.5, 0.6) is 0 Å². The predicted molar refractivity (Wildman–Crippen MR) is 95.4 cm³/mol. The summed E-state index contributed by atoms with van der Waals surface area (Å²) in [6.07, 6.45) is -0.939. The van der Waals surface area contributed by atoms with Crippen LogP contribution in [-0.2, 0) is 28.7 Å². The Morgan fingerprint density at radius 3 is 2.29 bits per heavy atom. The number of likely N-dealkylation sites (tertiary alicyclic amines) is 1. The molecule has 10 heteroatoms. The van der Waals surface area contributed by atoms with Gasteiger partial charge in [-0.2, -0.15) is 0 Å². The van der Waals surface area contributed by atoms with Gasteiger partial charge in [0, 0.05) is 26.6 Å². The summed E-state index contributed by atoms with van der Waals surface area (Å²) >= 11 is 0. The van der Waals surface area contributed by atoms with Gasteiger partial charge in [-0.1, -0.05) is 13.8 Å². The molecule has 2 heterocycles. The van der Waals surface area contributed by atoms with Crippen molar-refractivity contribution in [1.82, 2.24) is 14.7 Å². The molecule has 0 saturated carbocycles. The number of hydrogen-bond donors (Lipinski definition) is 1. The summed E-state index contributed by atoms with van der Waals surface area (Å²) in [5.74, 6) is -4.29. The Labute approximate surface area is 163 Å². The van der Waals surface area contributed by atoms with Crippen LogP contribution in [0.1, 0.15) is 26.7 Å². The molecular formula is C18H27N3O7. The van der Waals surface area contributed by atoms with Crippen molar-refractivity contribution in [3.8, 4) is 0 Å². The van der Waals surface area contributed by atoms with Crippen LogP contribution in [0.4, 0.5) is 0 Å². The zero-order valence-corrected chi connectivity index (χ0v) is 16.6. The van der Waals surface area contributed by atoms with Gasteiger partial charge < -0.3 is 19.6 Å². The highest BCUT2D eigenvalue weighted by molar-refractivity contribution is 6.09. The maximum atomic E-state index is 13.1. The molecule has 0 aliphatic carbocycles. The van der Waals surface area contributed by atoms with Gasteiger partial charge in [-0.25, -0.2) is 0 Å². The highest BCUT2D eigenvalue weighted by Gasteiger charge is 2.55. The summed E-state index contributed by atoms with van der Waals surface area (Å²) in [6, 6.07) is -1.34. The Bertz CT molecular complexity index is 678. The van der Waals surface area contributed by atoms with Crippen molar-refractivity contribution in [2.45, 2.75) is 38.8 Å². The number of nitrogens with zero attached hydrogens (tertiary/aromatic N) is 3. The van der Waals surface area contributed by atoms with Gasteiger partial charge in [-0.15, -0.1) is 0 Å². The van der Waals surface area contributed by atoms with Crippen LogP contribution in [0, 0.1) is 11.8 Å². The minimum atomic E-state index is -1.72. The van der Waals surface area contributed by atoms with Crippen LogP contribution < -0.4 is 0 Å². The average Bonchev–Trinajstić information content (AvgIpc) is 2.84. The molecule has 0 aromatic heterocycles. The fourth-order valence-electron chi connectivity index (χ4n) is 3.49. The molecule has 2 fully saturated rings. The van der Waals surface area contributed by atoms with E-state index in [1.807, 2.05) is 13.8 Å². The number of rotatable bonds is 6. The highest BCUT2D eigenvalue weighted by Crippen LogP contribution is 2.29. The van der Waals surface area contributed by atoms with E-state index in [2.05, 4.69) is 4.74 Å². The lowest BCUT2D eigenvalue weighted by Gasteiger charge is -2.42. The van der Waals surface area contributed by atoms with Crippen molar-refractivity contribution in [1.29, 1.82) is 0 Å². The summed E-state index contributed by atoms with van der Waals surface area (Å²) < 4.78 is 4.59. The third-order valence-electron chi connectivity index (χ3n) is 5.19. The van der Waals surface area contributed by atoms with Crippen molar-refractivity contribution >= 4 is 29.6 Å². The number of carbonyl (C=O) groups excluding carboxylic acids is 5. The topological polar surface area (TPSA) is 125 Å². The molecule has 4 amide bonds. The molecule has 0 aromatic rings. The third kappa shape index (κ3) is 4.16. The minimum absolute atomic E-state index is 0.0959. The number of aliphatic hydroxyl groups is 1. The lowest BCUT2D eigenvalue weighted by molar-refractivity contribution is -0.161. The maximum absolute atomic E-state index is 13.1. The van der Waals surface area contributed by atoms with Gasteiger partial charge in [0.2, 0.25) is 17.7 Å². The number of hydrogen-bond acceptors (Lipinski definition) is 7. The molecule has 2 rings (SSSR count). The number of amides is 4. The Hall–Kier alpha value is -2.49. The zero-order chi connectivity index (χ0) is 21.2. The first-order valence-corrected chi connectivity index (χ1v) is 9.24. The molecule has 28 heavy (non-hydrogen) atoms. The standard InChI is InChI=1S/C18H27N3O7/c1-10(2)5-6-11(22)21-8-7-20(9-12(23)28-4)17(26)14(21)13-15(24)18(27)19(3)16(13)25/h10,13-15,24H,5-9H2,1-4H3. The summed E-state index contributed by atoms with van der Waals surface area (Å²) in [7, 11) is 2.41. The molecule has 0 radical (unpaired) electrons. The molecule has 3 atom stereocenters. The number of esters is 1. The summed E-state index contributed by atoms with van der Waals surface area (Å²) in [5.41, 5.74) is 0. The smallest absolute Gasteiger partial charge is 0.325 e. The number of likely N-dealkylation sites (N-methyl/N-ethyl adjacent to an activating group) is 1. The summed E-state index contributed by atoms with van der Waals surface area (Å²) in [4.78, 5) is 65.2. The predicted octanol–water partition coefficient (Wildman–Crippen LogP) is -1.39. The number of ether oxygens (including phenoxy) is 1. The first-order chi connectivity index (χ1) is 13.1. The van der Waals surface area contributed by atoms with Crippen LogP contribution in [0.2, 0.25) is 0 Å². The molecule has 3 unspecified atom stereocenters. The van der Waals surface area contributed by atoms with E-state index in [0.29, 0.717) is 6.42 Å². The number of carbonyl (C=O) groups is 5. The monoisotopic (exact) mass is 397 g/mol. The molecule has 0 aromatic carbocycles. The van der Waals surface area contributed by atoms with Gasteiger partial charge in [-0.05, 0) is 12.3 Å². The highest BCUT2D eigenvalue weighted by atomic mass is 16.5. The SMILES string of the molecule is COC(=O)CN1CCN(C(=O)CCC(C)C)C(C2C(=O)N(C)C(=O)C2O)C1=O. The number of piperazine rings is 1. The molecule has 0 bridgehead atoms. The van der Waals surface area contributed by atoms with E-state index in [9.17, 15) is 29.1 Å². The van der Waals surface area contributed by atoms with Gasteiger partial charge in [0.15, 0.2) is 0 Å². The van der Waals surface area contributed by atoms with Gasteiger partial charge in [0.1, 0.15) is 24.6 Å². The van der Waals surface area contributed by atoms with Crippen molar-refractivity contribution < 1.29 is 33.8 Å². The van der Waals surface area contributed by atoms with E-state index in [-0.39, 0.29) is 37.9 Å². The fourth-order valence-corrected chi connectivity index (χ4v) is 3.49. The second-order valence-electron chi connectivity index (χ2n) is 7.51. The first-order valence-electron chi connectivity index (χ1n) is 9.24. The van der Waals surface area contributed by atoms with Crippen molar-refractivity contribution in [3.63, 3.8) is 0 Å². The van der Waals surface area contributed by atoms with Crippen LogP contribution >= 0.6 is 0 Å². The van der Waals surface area contributed by atoms with Crippen LogP contribution in [0.15, 0.2) is 0 Å². The quantitative estimate of drug-likeness (QED) is 0.432. The second-order valence-corrected chi connectivity index (χ2v) is 7.51. The molecule has 2 aliphatic rings. The Balaban J connectivity index is 2.33. The number of aliphatic hydroxyl groups excluding tert-OH is 1. The Morgan fingerprint density at radius 1 is 1.14 bits per heavy atom. The average molecular weight is 397 g/mol. The molecule has 156 valence electrons. The summed E-state index contributed by atoms with van der Waals surface area (Å²) in [6.45, 7) is 3.78. The van der Waals surface area contributed by atoms with Gasteiger partial charge in [0.25, 0.3) is 5.91 Å². The normalized spacial score (nSPS) is 25.7. The minimum Gasteiger partial charge on any atom is -0.468 e. The molecule has 2 aliphatic heterocycles. The van der Waals surface area contributed by atoms with Crippen molar-refractivity contribution in [2.75, 3.05) is 33.8 Å². The number of imide groups is 1. The van der Waals surface area contributed by atoms with Crippen molar-refractivity contribution in [3.05, 3.63) is 0 Å². The third-order valence-corrected chi connectivity index (χ3v) is 5.19. The first kappa shape index (κ1) is 21.8. The zero-order valence-electron chi connectivity index (χ0n) is 16.6. The second kappa shape index (κ2) is 8.68.